The minimum atomic E-state index is -0.0120. The first kappa shape index (κ1) is 20.8. The number of aromatic nitrogens is 3. The van der Waals surface area contributed by atoms with Gasteiger partial charge in [-0.2, -0.15) is 0 Å². The maximum Gasteiger partial charge on any atom is 0.236 e. The Hall–Kier alpha value is -3.13. The van der Waals surface area contributed by atoms with Gasteiger partial charge in [-0.3, -0.25) is 24.5 Å². The molecule has 0 N–H and O–H groups in total. The minimum Gasteiger partial charge on any atom is -0.443 e. The smallest absolute Gasteiger partial charge is 0.236 e. The van der Waals surface area contributed by atoms with Crippen molar-refractivity contribution >= 4 is 22.6 Å². The van der Waals surface area contributed by atoms with Crippen molar-refractivity contribution in [3.8, 4) is 11.3 Å². The molecule has 3 aromatic rings. The second-order valence-corrected chi connectivity index (χ2v) is 8.74. The fraction of sp³-hybridized carbons (Fsp3) is 0.458. The van der Waals surface area contributed by atoms with Crippen molar-refractivity contribution in [2.75, 3.05) is 32.7 Å². The van der Waals surface area contributed by atoms with Crippen molar-refractivity contribution in [3.63, 3.8) is 0 Å². The Labute approximate surface area is 186 Å². The lowest BCUT2D eigenvalue weighted by molar-refractivity contribution is -0.135. The van der Waals surface area contributed by atoms with Crippen LogP contribution in [0.1, 0.15) is 31.4 Å². The topological polar surface area (TPSA) is 92.4 Å². The van der Waals surface area contributed by atoms with Crippen molar-refractivity contribution in [1.29, 1.82) is 0 Å². The molecule has 166 valence electrons. The number of fused-ring (bicyclic) bond motifs is 1. The number of hydrogen-bond donors (Lipinski definition) is 0. The number of piperidine rings is 1. The first-order valence-corrected chi connectivity index (χ1v) is 11.3. The lowest BCUT2D eigenvalue weighted by Gasteiger charge is -2.32. The standard InChI is InChI=1S/C24H27N5O3/c30-22(17-3-7-29(8-4-17)24(31)15-28-5-1-2-6-28)11-20-10-18-9-19(23-14-25-16-32-23)12-27-21(18)13-26-20/h9-10,12-14,16-17H,1-8,11,15H2. The molecule has 0 radical (unpaired) electrons. The average Bonchev–Trinajstić information content (AvgIpc) is 3.53. The number of Topliss-reactive ketones (excluding diaryl/α,β-unsaturated/α-hetero) is 1. The first-order chi connectivity index (χ1) is 15.7. The fourth-order valence-corrected chi connectivity index (χ4v) is 4.67. The van der Waals surface area contributed by atoms with Gasteiger partial charge in [-0.15, -0.1) is 0 Å². The van der Waals surface area contributed by atoms with Gasteiger partial charge in [0.05, 0.1) is 24.5 Å². The van der Waals surface area contributed by atoms with Crippen LogP contribution in [0.15, 0.2) is 41.5 Å². The molecule has 1 amide bonds. The Kier molecular flexibility index (Phi) is 5.94. The predicted molar refractivity (Wildman–Crippen MR) is 119 cm³/mol. The molecule has 0 bridgehead atoms. The van der Waals surface area contributed by atoms with Crippen molar-refractivity contribution in [2.24, 2.45) is 5.92 Å². The second-order valence-electron chi connectivity index (χ2n) is 8.74. The van der Waals surface area contributed by atoms with Gasteiger partial charge in [0.1, 0.15) is 5.78 Å². The van der Waals surface area contributed by atoms with Gasteiger partial charge in [-0.25, -0.2) is 4.98 Å². The van der Waals surface area contributed by atoms with E-state index >= 15 is 0 Å². The first-order valence-electron chi connectivity index (χ1n) is 11.3. The SMILES string of the molecule is O=C(Cc1cc2cc(-c3cnco3)cnc2cn1)C1CCN(C(=O)CN2CCCC2)CC1. The van der Waals surface area contributed by atoms with Gasteiger partial charge in [0.2, 0.25) is 5.91 Å². The van der Waals surface area contributed by atoms with E-state index in [1.165, 1.54) is 19.2 Å². The van der Waals surface area contributed by atoms with Gasteiger partial charge in [-0.1, -0.05) is 0 Å². The number of amides is 1. The molecule has 5 heterocycles. The van der Waals surface area contributed by atoms with Crippen LogP contribution in [0.2, 0.25) is 0 Å². The summed E-state index contributed by atoms with van der Waals surface area (Å²) in [7, 11) is 0. The predicted octanol–water partition coefficient (Wildman–Crippen LogP) is 2.73. The van der Waals surface area contributed by atoms with Gasteiger partial charge >= 0.3 is 0 Å². The van der Waals surface area contributed by atoms with Crippen molar-refractivity contribution in [1.82, 2.24) is 24.8 Å². The fourth-order valence-electron chi connectivity index (χ4n) is 4.67. The number of carbonyl (C=O) groups is 2. The number of ketones is 1. The monoisotopic (exact) mass is 433 g/mol. The summed E-state index contributed by atoms with van der Waals surface area (Å²) >= 11 is 0. The van der Waals surface area contributed by atoms with Crippen LogP contribution < -0.4 is 0 Å². The number of pyridine rings is 2. The molecule has 2 aliphatic rings. The number of oxazole rings is 1. The highest BCUT2D eigenvalue weighted by Gasteiger charge is 2.28. The van der Waals surface area contributed by atoms with E-state index in [1.54, 1.807) is 18.6 Å². The maximum absolute atomic E-state index is 12.9. The third-order valence-electron chi connectivity index (χ3n) is 6.56. The second kappa shape index (κ2) is 9.16. The highest BCUT2D eigenvalue weighted by Crippen LogP contribution is 2.24. The highest BCUT2D eigenvalue weighted by molar-refractivity contribution is 5.86. The molecule has 8 nitrogen and oxygen atoms in total. The van der Waals surface area contributed by atoms with Crippen LogP contribution in [0.4, 0.5) is 0 Å². The summed E-state index contributed by atoms with van der Waals surface area (Å²) < 4.78 is 5.35. The van der Waals surface area contributed by atoms with E-state index in [0.29, 0.717) is 31.8 Å². The zero-order valence-electron chi connectivity index (χ0n) is 18.1. The number of likely N-dealkylation sites (tertiary alicyclic amines) is 2. The number of rotatable bonds is 6. The van der Waals surface area contributed by atoms with Crippen LogP contribution in [-0.4, -0.2) is 69.2 Å². The molecule has 2 fully saturated rings. The summed E-state index contributed by atoms with van der Waals surface area (Å²) in [5.74, 6) is 1.04. The molecule has 2 aliphatic heterocycles. The number of nitrogens with zero attached hydrogens (tertiary/aromatic N) is 5. The van der Waals surface area contributed by atoms with Crippen molar-refractivity contribution in [2.45, 2.75) is 32.1 Å². The van der Waals surface area contributed by atoms with Gasteiger partial charge in [0, 0.05) is 48.3 Å². The van der Waals surface area contributed by atoms with Crippen molar-refractivity contribution in [3.05, 3.63) is 42.8 Å². The molecular formula is C24H27N5O3. The minimum absolute atomic E-state index is 0.0120. The van der Waals surface area contributed by atoms with Crippen molar-refractivity contribution < 1.29 is 14.0 Å². The van der Waals surface area contributed by atoms with E-state index < -0.39 is 0 Å². The quantitative estimate of drug-likeness (QED) is 0.590. The van der Waals surface area contributed by atoms with Crippen LogP contribution in [0.3, 0.4) is 0 Å². The van der Waals surface area contributed by atoms with Gasteiger partial charge in [-0.05, 0) is 50.9 Å². The van der Waals surface area contributed by atoms with Gasteiger partial charge in [0.25, 0.3) is 0 Å². The van der Waals surface area contributed by atoms with Crippen LogP contribution in [-0.2, 0) is 16.0 Å². The highest BCUT2D eigenvalue weighted by atomic mass is 16.3. The lowest BCUT2D eigenvalue weighted by atomic mass is 9.90. The molecule has 5 rings (SSSR count). The molecule has 8 heteroatoms. The van der Waals surface area contributed by atoms with E-state index in [-0.39, 0.29) is 17.6 Å². The molecule has 32 heavy (non-hydrogen) atoms. The molecule has 2 saturated heterocycles. The molecule has 3 aromatic heterocycles. The van der Waals surface area contributed by atoms with Crippen LogP contribution in [0.25, 0.3) is 22.2 Å². The normalized spacial score (nSPS) is 17.8. The van der Waals surface area contributed by atoms with E-state index in [4.69, 9.17) is 4.42 Å². The zero-order chi connectivity index (χ0) is 21.9. The van der Waals surface area contributed by atoms with E-state index in [2.05, 4.69) is 19.9 Å². The third-order valence-corrected chi connectivity index (χ3v) is 6.56. The summed E-state index contributed by atoms with van der Waals surface area (Å²) in [5, 5.41) is 0.916. The Morgan fingerprint density at radius 3 is 2.56 bits per heavy atom. The van der Waals surface area contributed by atoms with E-state index in [0.717, 1.165) is 48.1 Å². The Bertz CT molecular complexity index is 1100. The third kappa shape index (κ3) is 4.55. The molecule has 0 aliphatic carbocycles. The Balaban J connectivity index is 1.19. The maximum atomic E-state index is 12.9. The summed E-state index contributed by atoms with van der Waals surface area (Å²) in [4.78, 5) is 42.4. The van der Waals surface area contributed by atoms with E-state index in [9.17, 15) is 9.59 Å². The zero-order valence-corrected chi connectivity index (χ0v) is 18.1. The lowest BCUT2D eigenvalue weighted by Crippen LogP contribution is -2.44. The Morgan fingerprint density at radius 1 is 1.00 bits per heavy atom. The summed E-state index contributed by atoms with van der Waals surface area (Å²) in [6.45, 7) is 3.89. The molecule has 0 aromatic carbocycles. The summed E-state index contributed by atoms with van der Waals surface area (Å²) in [6, 6.07) is 3.90. The largest absolute Gasteiger partial charge is 0.443 e. The molecule has 0 spiro atoms. The average molecular weight is 434 g/mol. The van der Waals surface area contributed by atoms with Crippen LogP contribution in [0.5, 0.6) is 0 Å². The number of hydrogen-bond acceptors (Lipinski definition) is 7. The van der Waals surface area contributed by atoms with Gasteiger partial charge in [0.15, 0.2) is 12.2 Å². The molecule has 0 saturated carbocycles. The summed E-state index contributed by atoms with van der Waals surface area (Å²) in [5.41, 5.74) is 2.35. The molecular weight excluding hydrogens is 406 g/mol. The number of carbonyl (C=O) groups excluding carboxylic acids is 2. The van der Waals surface area contributed by atoms with Gasteiger partial charge < -0.3 is 9.32 Å². The van der Waals surface area contributed by atoms with Crippen LogP contribution >= 0.6 is 0 Å². The summed E-state index contributed by atoms with van der Waals surface area (Å²) in [6.07, 6.45) is 10.6. The molecule has 0 unspecified atom stereocenters. The van der Waals surface area contributed by atoms with E-state index in [1.807, 2.05) is 17.0 Å². The molecule has 0 atom stereocenters. The van der Waals surface area contributed by atoms with Crippen LogP contribution in [0, 0.1) is 5.92 Å². The Morgan fingerprint density at radius 2 is 1.81 bits per heavy atom.